The Balaban J connectivity index is 2.34. The lowest BCUT2D eigenvalue weighted by molar-refractivity contribution is -0.318. The van der Waals surface area contributed by atoms with Crippen molar-refractivity contribution in [3.8, 4) is 0 Å². The lowest BCUT2D eigenvalue weighted by Gasteiger charge is -2.21. The van der Waals surface area contributed by atoms with Crippen LogP contribution in [0, 0.1) is 10.8 Å². The van der Waals surface area contributed by atoms with E-state index >= 15 is 0 Å². The molecule has 0 bridgehead atoms. The third kappa shape index (κ3) is 2.41. The summed E-state index contributed by atoms with van der Waals surface area (Å²) in [5.41, 5.74) is 2.90. The van der Waals surface area contributed by atoms with E-state index in [4.69, 9.17) is 4.99 Å². The van der Waals surface area contributed by atoms with Gasteiger partial charge in [0.15, 0.2) is 5.70 Å². The van der Waals surface area contributed by atoms with Crippen molar-refractivity contribution in [3.63, 3.8) is 0 Å². The second kappa shape index (κ2) is 3.66. The maximum atomic E-state index is 4.73. The Morgan fingerprint density at radius 1 is 1.06 bits per heavy atom. The summed E-state index contributed by atoms with van der Waals surface area (Å²) in [5, 5.41) is 0. The fourth-order valence-corrected chi connectivity index (χ4v) is 1.96. The van der Waals surface area contributed by atoms with Gasteiger partial charge in [0.25, 0.3) is 0 Å². The number of aliphatic imine (C=N–C) groups is 1. The molecule has 2 heteroatoms. The Morgan fingerprint density at radius 3 is 2.24 bits per heavy atom. The van der Waals surface area contributed by atoms with Gasteiger partial charge in [0, 0.05) is 5.41 Å². The van der Waals surface area contributed by atoms with Gasteiger partial charge in [0.1, 0.15) is 6.20 Å². The van der Waals surface area contributed by atoms with Crippen molar-refractivity contribution in [2.24, 2.45) is 15.8 Å². The van der Waals surface area contributed by atoms with Gasteiger partial charge in [-0.1, -0.05) is 47.6 Å². The molecule has 0 spiro atoms. The Kier molecular flexibility index (Phi) is 2.64. The van der Waals surface area contributed by atoms with Gasteiger partial charge in [-0.2, -0.15) is 0 Å². The van der Waals surface area contributed by atoms with Crippen LogP contribution < -0.4 is 0 Å². The molecule has 0 fully saturated rings. The maximum Gasteiger partial charge on any atom is 0.307 e. The fraction of sp³-hybridized carbons (Fsp3) is 0.600. The molecule has 2 heterocycles. The average Bonchev–Trinajstić information content (AvgIpc) is 2.57. The molecule has 0 aromatic rings. The van der Waals surface area contributed by atoms with Crippen LogP contribution in [0.5, 0.6) is 0 Å². The van der Waals surface area contributed by atoms with Gasteiger partial charge in [0.05, 0.1) is 12.6 Å². The molecule has 0 atom stereocenters. The van der Waals surface area contributed by atoms with Gasteiger partial charge < -0.3 is 0 Å². The minimum absolute atomic E-state index is 0.125. The van der Waals surface area contributed by atoms with Crippen molar-refractivity contribution in [1.29, 1.82) is 0 Å². The molecular formula is C15H23N2+. The molecule has 0 saturated carbocycles. The normalized spacial score (nSPS) is 20.4. The summed E-state index contributed by atoms with van der Waals surface area (Å²) >= 11 is 0. The van der Waals surface area contributed by atoms with E-state index in [0.717, 1.165) is 12.3 Å². The highest BCUT2D eigenvalue weighted by Crippen LogP contribution is 2.32. The monoisotopic (exact) mass is 231 g/mol. The van der Waals surface area contributed by atoms with E-state index in [2.05, 4.69) is 64.6 Å². The first-order valence-corrected chi connectivity index (χ1v) is 6.32. The van der Waals surface area contributed by atoms with Crippen LogP contribution in [-0.4, -0.2) is 16.6 Å². The summed E-state index contributed by atoms with van der Waals surface area (Å²) in [4.78, 5) is 4.73. The van der Waals surface area contributed by atoms with Gasteiger partial charge in [-0.3, -0.25) is 0 Å². The number of rotatable bonds is 0. The summed E-state index contributed by atoms with van der Waals surface area (Å²) in [6, 6.07) is 0. The number of nitrogens with zero attached hydrogens (tertiary/aromatic N) is 2. The van der Waals surface area contributed by atoms with Gasteiger partial charge >= 0.3 is 5.84 Å². The maximum absolute atomic E-state index is 4.73. The van der Waals surface area contributed by atoms with Crippen LogP contribution in [0.25, 0.3) is 0 Å². The summed E-state index contributed by atoms with van der Waals surface area (Å²) in [6.45, 7) is 13.4. The van der Waals surface area contributed by atoms with Gasteiger partial charge in [-0.05, 0) is 16.0 Å². The molecule has 0 N–H and O–H groups in total. The zero-order chi connectivity index (χ0) is 12.8. The van der Waals surface area contributed by atoms with Crippen LogP contribution in [-0.2, 0) is 0 Å². The third-order valence-corrected chi connectivity index (χ3v) is 3.23. The van der Waals surface area contributed by atoms with Crippen molar-refractivity contribution in [2.75, 3.05) is 0 Å². The molecule has 0 aromatic carbocycles. The highest BCUT2D eigenvalue weighted by atomic mass is 15.1. The van der Waals surface area contributed by atoms with E-state index < -0.39 is 0 Å². The van der Waals surface area contributed by atoms with Gasteiger partial charge in [-0.25, -0.2) is 4.58 Å². The first-order chi connectivity index (χ1) is 7.68. The minimum atomic E-state index is 0.125. The van der Waals surface area contributed by atoms with E-state index in [9.17, 15) is 0 Å². The summed E-state index contributed by atoms with van der Waals surface area (Å²) in [5.74, 6) is 1.16. The van der Waals surface area contributed by atoms with E-state index in [1.807, 2.05) is 0 Å². The molecule has 2 nitrogen and oxygen atoms in total. The largest absolute Gasteiger partial charge is 0.307 e. The second-order valence-corrected chi connectivity index (χ2v) is 6.94. The first-order valence-electron chi connectivity index (χ1n) is 6.32. The van der Waals surface area contributed by atoms with Gasteiger partial charge in [-0.15, -0.1) is 0 Å². The average molecular weight is 231 g/mol. The molecule has 0 saturated heterocycles. The number of amidine groups is 1. The van der Waals surface area contributed by atoms with E-state index in [0.29, 0.717) is 0 Å². The van der Waals surface area contributed by atoms with Crippen molar-refractivity contribution in [1.82, 2.24) is 0 Å². The summed E-state index contributed by atoms with van der Waals surface area (Å²) in [7, 11) is 0. The molecule has 0 amide bonds. The predicted octanol–water partition coefficient (Wildman–Crippen LogP) is 3.75. The highest BCUT2D eigenvalue weighted by molar-refractivity contribution is 5.91. The van der Waals surface area contributed by atoms with Crippen LogP contribution in [0.15, 0.2) is 28.5 Å². The topological polar surface area (TPSA) is 15.4 Å². The smallest absolute Gasteiger partial charge is 0.202 e. The van der Waals surface area contributed by atoms with Crippen LogP contribution in [0.4, 0.5) is 0 Å². The zero-order valence-corrected chi connectivity index (χ0v) is 11.8. The molecule has 0 unspecified atom stereocenters. The predicted molar refractivity (Wildman–Crippen MR) is 73.5 cm³/mol. The molecule has 2 rings (SSSR count). The van der Waals surface area contributed by atoms with Crippen LogP contribution >= 0.6 is 0 Å². The Bertz CT molecular complexity index is 460. The fourth-order valence-electron chi connectivity index (χ4n) is 1.96. The molecule has 2 aliphatic heterocycles. The molecule has 92 valence electrons. The number of fused-ring (bicyclic) bond motifs is 1. The Morgan fingerprint density at radius 2 is 1.71 bits per heavy atom. The van der Waals surface area contributed by atoms with E-state index in [1.165, 1.54) is 11.3 Å². The SMILES string of the molecule is CC(C)(C)C1=CCC2=NC(C(C)(C)C)=C[N+]2=C1. The van der Waals surface area contributed by atoms with E-state index in [1.54, 1.807) is 0 Å². The number of hydrogen-bond acceptors (Lipinski definition) is 1. The van der Waals surface area contributed by atoms with Crippen molar-refractivity contribution >= 4 is 12.1 Å². The molecule has 2 aliphatic rings. The summed E-state index contributed by atoms with van der Waals surface area (Å²) in [6.07, 6.45) is 7.64. The molecule has 0 aliphatic carbocycles. The quantitative estimate of drug-likeness (QED) is 0.564. The summed E-state index contributed by atoms with van der Waals surface area (Å²) < 4.78 is 2.20. The minimum Gasteiger partial charge on any atom is -0.202 e. The Hall–Kier alpha value is -1.18. The lowest BCUT2D eigenvalue weighted by Crippen LogP contribution is -2.23. The molecule has 17 heavy (non-hydrogen) atoms. The Labute approximate surface area is 104 Å². The number of allylic oxidation sites excluding steroid dienone is 2. The van der Waals surface area contributed by atoms with Crippen LogP contribution in [0.3, 0.4) is 0 Å². The van der Waals surface area contributed by atoms with Crippen molar-refractivity contribution in [2.45, 2.75) is 48.0 Å². The molecule has 0 radical (unpaired) electrons. The second-order valence-electron chi connectivity index (χ2n) is 6.94. The van der Waals surface area contributed by atoms with Crippen LogP contribution in [0.1, 0.15) is 48.0 Å². The molecule has 0 aromatic heterocycles. The van der Waals surface area contributed by atoms with Gasteiger partial charge in [0.2, 0.25) is 0 Å². The van der Waals surface area contributed by atoms with E-state index in [-0.39, 0.29) is 10.8 Å². The van der Waals surface area contributed by atoms with Crippen molar-refractivity contribution < 1.29 is 4.58 Å². The van der Waals surface area contributed by atoms with Crippen molar-refractivity contribution in [3.05, 3.63) is 23.5 Å². The third-order valence-electron chi connectivity index (χ3n) is 3.23. The molecular weight excluding hydrogens is 208 g/mol. The number of hydrogen-bond donors (Lipinski definition) is 0. The standard InChI is InChI=1S/C15H23N2/c1-14(2,3)11-7-8-13-16-12(15(4,5)6)10-17(13)9-11/h7,9-10H,8H2,1-6H3/q+1. The highest BCUT2D eigenvalue weighted by Gasteiger charge is 2.34. The first kappa shape index (κ1) is 12.3. The lowest BCUT2D eigenvalue weighted by atomic mass is 9.85. The zero-order valence-electron chi connectivity index (χ0n) is 11.8. The van der Waals surface area contributed by atoms with Crippen LogP contribution in [0.2, 0.25) is 0 Å².